The van der Waals surface area contributed by atoms with Crippen LogP contribution in [0.3, 0.4) is 0 Å². The Morgan fingerprint density at radius 2 is 1.78 bits per heavy atom. The lowest BCUT2D eigenvalue weighted by molar-refractivity contribution is -0.122. The lowest BCUT2D eigenvalue weighted by Gasteiger charge is -2.11. The van der Waals surface area contributed by atoms with Crippen LogP contribution < -0.4 is 21.0 Å². The molecule has 3 aromatic carbocycles. The van der Waals surface area contributed by atoms with Crippen LogP contribution in [-0.2, 0) is 11.4 Å². The van der Waals surface area contributed by atoms with Gasteiger partial charge in [-0.15, -0.1) is 0 Å². The predicted molar refractivity (Wildman–Crippen MR) is 122 cm³/mol. The fraction of sp³-hybridized carbons (Fsp3) is 0.200. The van der Waals surface area contributed by atoms with E-state index in [-0.39, 0.29) is 17.8 Å². The molecule has 1 aliphatic rings. The van der Waals surface area contributed by atoms with Gasteiger partial charge in [-0.1, -0.05) is 54.1 Å². The number of aryl methyl sites for hydroxylation is 1. The van der Waals surface area contributed by atoms with Crippen LogP contribution in [0.15, 0.2) is 77.9 Å². The predicted octanol–water partition coefficient (Wildman–Crippen LogP) is 3.77. The van der Waals surface area contributed by atoms with Crippen LogP contribution >= 0.6 is 0 Å². The number of rotatable bonds is 7. The SMILES string of the molecule is Cc1ccc(COc2ccc(C3CC(C(=O)N/N=C/c4ccc(F)cc4)NN3)cc2)cc1. The molecule has 32 heavy (non-hydrogen) atoms. The highest BCUT2D eigenvalue weighted by Crippen LogP contribution is 2.24. The normalized spacial score (nSPS) is 18.1. The highest BCUT2D eigenvalue weighted by Gasteiger charge is 2.30. The van der Waals surface area contributed by atoms with Crippen LogP contribution in [0, 0.1) is 12.7 Å². The molecule has 7 heteroatoms. The summed E-state index contributed by atoms with van der Waals surface area (Å²) in [6.45, 7) is 2.58. The number of halogens is 1. The molecule has 3 aromatic rings. The molecule has 0 aliphatic carbocycles. The Balaban J connectivity index is 1.25. The summed E-state index contributed by atoms with van der Waals surface area (Å²) >= 11 is 0. The molecule has 0 aromatic heterocycles. The zero-order valence-electron chi connectivity index (χ0n) is 17.7. The number of ether oxygens (including phenoxy) is 1. The van der Waals surface area contributed by atoms with E-state index in [1.807, 2.05) is 24.3 Å². The highest BCUT2D eigenvalue weighted by atomic mass is 19.1. The van der Waals surface area contributed by atoms with Crippen molar-refractivity contribution in [2.24, 2.45) is 5.10 Å². The summed E-state index contributed by atoms with van der Waals surface area (Å²) < 4.78 is 18.8. The van der Waals surface area contributed by atoms with E-state index < -0.39 is 6.04 Å². The van der Waals surface area contributed by atoms with Gasteiger partial charge in [0.15, 0.2) is 0 Å². The first-order valence-corrected chi connectivity index (χ1v) is 10.4. The summed E-state index contributed by atoms with van der Waals surface area (Å²) in [5, 5.41) is 3.94. The lowest BCUT2D eigenvalue weighted by atomic mass is 10.0. The molecule has 0 radical (unpaired) electrons. The van der Waals surface area contributed by atoms with Crippen molar-refractivity contribution >= 4 is 12.1 Å². The van der Waals surface area contributed by atoms with Crippen molar-refractivity contribution in [3.05, 3.63) is 101 Å². The van der Waals surface area contributed by atoms with Crippen molar-refractivity contribution in [3.63, 3.8) is 0 Å². The third-order valence-electron chi connectivity index (χ3n) is 5.29. The maximum Gasteiger partial charge on any atom is 0.258 e. The maximum atomic E-state index is 12.9. The number of nitrogens with one attached hydrogen (secondary N) is 3. The van der Waals surface area contributed by atoms with E-state index in [1.165, 1.54) is 23.9 Å². The number of hydrazone groups is 1. The van der Waals surface area contributed by atoms with E-state index in [2.05, 4.69) is 52.6 Å². The summed E-state index contributed by atoms with van der Waals surface area (Å²) in [6.07, 6.45) is 2.06. The molecule has 1 fully saturated rings. The standard InChI is InChI=1S/C25H25FN4O2/c1-17-2-4-19(5-3-17)16-32-22-12-8-20(9-13-22)23-14-24(29-28-23)25(31)30-27-15-18-6-10-21(26)11-7-18/h2-13,15,23-24,28-29H,14,16H2,1H3,(H,30,31)/b27-15+. The average molecular weight is 432 g/mol. The summed E-state index contributed by atoms with van der Waals surface area (Å²) in [5.41, 5.74) is 12.8. The third-order valence-corrected chi connectivity index (χ3v) is 5.29. The topological polar surface area (TPSA) is 74.8 Å². The number of nitrogens with zero attached hydrogens (tertiary/aromatic N) is 1. The Labute approximate surface area is 186 Å². The number of carbonyl (C=O) groups excluding carboxylic acids is 1. The van der Waals surface area contributed by atoms with Crippen molar-refractivity contribution in [1.29, 1.82) is 0 Å². The molecule has 6 nitrogen and oxygen atoms in total. The van der Waals surface area contributed by atoms with Gasteiger partial charge in [0.25, 0.3) is 5.91 Å². The van der Waals surface area contributed by atoms with Crippen molar-refractivity contribution in [2.45, 2.75) is 32.0 Å². The van der Waals surface area contributed by atoms with Gasteiger partial charge < -0.3 is 4.74 Å². The van der Waals surface area contributed by atoms with Gasteiger partial charge in [0.1, 0.15) is 24.2 Å². The van der Waals surface area contributed by atoms with Crippen LogP contribution in [0.1, 0.15) is 34.7 Å². The Morgan fingerprint density at radius 1 is 1.06 bits per heavy atom. The smallest absolute Gasteiger partial charge is 0.258 e. The van der Waals surface area contributed by atoms with E-state index in [1.54, 1.807) is 12.1 Å². The number of hydrogen-bond donors (Lipinski definition) is 3. The summed E-state index contributed by atoms with van der Waals surface area (Å²) in [5.74, 6) is 0.241. The van der Waals surface area contributed by atoms with E-state index in [0.717, 1.165) is 16.9 Å². The Hall–Kier alpha value is -3.55. The summed E-state index contributed by atoms with van der Waals surface area (Å²) in [6, 6.07) is 21.6. The van der Waals surface area contributed by atoms with Crippen LogP contribution in [-0.4, -0.2) is 18.2 Å². The van der Waals surface area contributed by atoms with Crippen molar-refractivity contribution < 1.29 is 13.9 Å². The van der Waals surface area contributed by atoms with Crippen LogP contribution in [0.2, 0.25) is 0 Å². The van der Waals surface area contributed by atoms with Gasteiger partial charge in [-0.3, -0.25) is 4.79 Å². The van der Waals surface area contributed by atoms with E-state index in [4.69, 9.17) is 4.74 Å². The fourth-order valence-corrected chi connectivity index (χ4v) is 3.39. The highest BCUT2D eigenvalue weighted by molar-refractivity contribution is 5.85. The average Bonchev–Trinajstić information content (AvgIpc) is 3.31. The van der Waals surface area contributed by atoms with Gasteiger partial charge in [-0.25, -0.2) is 20.7 Å². The quantitative estimate of drug-likeness (QED) is 0.393. The van der Waals surface area contributed by atoms with Gasteiger partial charge >= 0.3 is 0 Å². The maximum absolute atomic E-state index is 12.9. The van der Waals surface area contributed by atoms with Gasteiger partial charge in [-0.2, -0.15) is 5.10 Å². The van der Waals surface area contributed by atoms with Gasteiger partial charge in [0, 0.05) is 6.04 Å². The number of carbonyl (C=O) groups is 1. The second kappa shape index (κ2) is 10.2. The molecule has 3 N–H and O–H groups in total. The molecule has 1 saturated heterocycles. The minimum absolute atomic E-state index is 0.00187. The molecule has 0 saturated carbocycles. The Bertz CT molecular complexity index is 1070. The first-order chi connectivity index (χ1) is 15.6. The summed E-state index contributed by atoms with van der Waals surface area (Å²) in [4.78, 5) is 12.4. The van der Waals surface area contributed by atoms with Gasteiger partial charge in [0.05, 0.1) is 6.21 Å². The van der Waals surface area contributed by atoms with Crippen molar-refractivity contribution in [3.8, 4) is 5.75 Å². The third kappa shape index (κ3) is 5.78. The summed E-state index contributed by atoms with van der Waals surface area (Å²) in [7, 11) is 0. The minimum Gasteiger partial charge on any atom is -0.489 e. The fourth-order valence-electron chi connectivity index (χ4n) is 3.39. The number of hydrazine groups is 1. The molecule has 1 amide bonds. The van der Waals surface area contributed by atoms with Gasteiger partial charge in [0.2, 0.25) is 0 Å². The largest absolute Gasteiger partial charge is 0.489 e. The monoisotopic (exact) mass is 432 g/mol. The molecular formula is C25H25FN4O2. The molecule has 4 rings (SSSR count). The number of benzene rings is 3. The van der Waals surface area contributed by atoms with E-state index in [0.29, 0.717) is 18.6 Å². The van der Waals surface area contributed by atoms with Gasteiger partial charge in [-0.05, 0) is 54.3 Å². The molecule has 0 bridgehead atoms. The van der Waals surface area contributed by atoms with Crippen molar-refractivity contribution in [2.75, 3.05) is 0 Å². The molecule has 2 unspecified atom stereocenters. The number of amides is 1. The molecule has 1 aliphatic heterocycles. The molecular weight excluding hydrogens is 407 g/mol. The molecule has 0 spiro atoms. The minimum atomic E-state index is -0.414. The van der Waals surface area contributed by atoms with Crippen LogP contribution in [0.25, 0.3) is 0 Å². The molecule has 1 heterocycles. The zero-order chi connectivity index (χ0) is 22.3. The molecule has 164 valence electrons. The molecule has 2 atom stereocenters. The second-order valence-electron chi connectivity index (χ2n) is 7.76. The second-order valence-corrected chi connectivity index (χ2v) is 7.76. The zero-order valence-corrected chi connectivity index (χ0v) is 17.7. The van der Waals surface area contributed by atoms with Crippen molar-refractivity contribution in [1.82, 2.24) is 16.3 Å². The first kappa shape index (κ1) is 21.7. The van der Waals surface area contributed by atoms with Crippen LogP contribution in [0.4, 0.5) is 4.39 Å². The van der Waals surface area contributed by atoms with Crippen LogP contribution in [0.5, 0.6) is 5.75 Å². The first-order valence-electron chi connectivity index (χ1n) is 10.4. The Morgan fingerprint density at radius 3 is 2.50 bits per heavy atom. The van der Waals surface area contributed by atoms with E-state index >= 15 is 0 Å². The van der Waals surface area contributed by atoms with E-state index in [9.17, 15) is 9.18 Å². The number of hydrogen-bond acceptors (Lipinski definition) is 5. The Kier molecular flexibility index (Phi) is 6.89. The lowest BCUT2D eigenvalue weighted by Crippen LogP contribution is -2.41.